The van der Waals surface area contributed by atoms with Crippen LogP contribution in [0.5, 0.6) is 0 Å². The fraction of sp³-hybridized carbons (Fsp3) is 0.235. The van der Waals surface area contributed by atoms with E-state index in [9.17, 15) is 4.79 Å². The molecule has 0 unspecified atom stereocenters. The lowest BCUT2D eigenvalue weighted by molar-refractivity contribution is 0.0936. The summed E-state index contributed by atoms with van der Waals surface area (Å²) in [4.78, 5) is 20.9. The minimum Gasteiger partial charge on any atom is -0.348 e. The van der Waals surface area contributed by atoms with Crippen molar-refractivity contribution < 1.29 is 4.79 Å². The Bertz CT molecular complexity index is 795. The average molecular weight is 326 g/mol. The predicted molar refractivity (Wildman–Crippen MR) is 91.4 cm³/mol. The number of nitrogens with one attached hydrogen (secondary N) is 1. The molecule has 1 amide bonds. The van der Waals surface area contributed by atoms with Crippen LogP contribution < -0.4 is 5.32 Å². The zero-order valence-corrected chi connectivity index (χ0v) is 13.9. The van der Waals surface area contributed by atoms with Gasteiger partial charge >= 0.3 is 0 Å². The standard InChI is InChI=1S/C17H18N4OS/c1-12(9-21-7-6-18-11-21)19-16(22)14-4-3-5-15(8-14)17-20-13(2)10-23-17/h3-8,10-12H,9H2,1-2H3,(H,19,22)/t12-/m0/s1. The molecular weight excluding hydrogens is 308 g/mol. The Morgan fingerprint density at radius 1 is 1.43 bits per heavy atom. The Balaban J connectivity index is 1.70. The van der Waals surface area contributed by atoms with E-state index in [2.05, 4.69) is 15.3 Å². The highest BCUT2D eigenvalue weighted by molar-refractivity contribution is 7.13. The normalized spacial score (nSPS) is 12.1. The van der Waals surface area contributed by atoms with E-state index in [1.165, 1.54) is 0 Å². The second-order valence-corrected chi connectivity index (χ2v) is 6.37. The summed E-state index contributed by atoms with van der Waals surface area (Å²) in [6.07, 6.45) is 5.36. The molecule has 0 aliphatic carbocycles. The third-order valence-electron chi connectivity index (χ3n) is 3.41. The number of thiazole rings is 1. The predicted octanol–water partition coefficient (Wildman–Crippen LogP) is 3.13. The van der Waals surface area contributed by atoms with E-state index in [4.69, 9.17) is 0 Å². The third kappa shape index (κ3) is 3.84. The number of benzene rings is 1. The van der Waals surface area contributed by atoms with Crippen molar-refractivity contribution in [2.24, 2.45) is 0 Å². The largest absolute Gasteiger partial charge is 0.348 e. The van der Waals surface area contributed by atoms with E-state index in [1.807, 2.05) is 54.3 Å². The summed E-state index contributed by atoms with van der Waals surface area (Å²) in [5, 5.41) is 5.96. The van der Waals surface area contributed by atoms with Gasteiger partial charge in [0.2, 0.25) is 0 Å². The number of carbonyl (C=O) groups excluding carboxylic acids is 1. The Labute approximate surface area is 139 Å². The van der Waals surface area contributed by atoms with Crippen molar-refractivity contribution in [1.29, 1.82) is 0 Å². The minimum absolute atomic E-state index is 0.0162. The number of nitrogens with zero attached hydrogens (tertiary/aromatic N) is 3. The topological polar surface area (TPSA) is 59.8 Å². The van der Waals surface area contributed by atoms with Crippen molar-refractivity contribution in [2.45, 2.75) is 26.4 Å². The quantitative estimate of drug-likeness (QED) is 0.783. The Kier molecular flexibility index (Phi) is 4.52. The van der Waals surface area contributed by atoms with Gasteiger partial charge in [-0.3, -0.25) is 4.79 Å². The van der Waals surface area contributed by atoms with Gasteiger partial charge in [-0.1, -0.05) is 12.1 Å². The molecule has 1 atom stereocenters. The van der Waals surface area contributed by atoms with Gasteiger partial charge in [-0.25, -0.2) is 9.97 Å². The highest BCUT2D eigenvalue weighted by atomic mass is 32.1. The first-order valence-corrected chi connectivity index (χ1v) is 8.29. The van der Waals surface area contributed by atoms with Crippen LogP contribution in [-0.4, -0.2) is 26.5 Å². The van der Waals surface area contributed by atoms with Gasteiger partial charge < -0.3 is 9.88 Å². The molecule has 0 aliphatic rings. The number of amides is 1. The van der Waals surface area contributed by atoms with Crippen LogP contribution in [0.2, 0.25) is 0 Å². The van der Waals surface area contributed by atoms with Crippen LogP contribution in [0.3, 0.4) is 0 Å². The Hall–Kier alpha value is -2.47. The molecule has 0 aliphatic heterocycles. The average Bonchev–Trinajstić information content (AvgIpc) is 3.19. The van der Waals surface area contributed by atoms with Gasteiger partial charge in [0.1, 0.15) is 5.01 Å². The first kappa shape index (κ1) is 15.4. The monoisotopic (exact) mass is 326 g/mol. The molecule has 0 spiro atoms. The summed E-state index contributed by atoms with van der Waals surface area (Å²) in [5.74, 6) is -0.0762. The van der Waals surface area contributed by atoms with Gasteiger partial charge in [0.25, 0.3) is 5.91 Å². The van der Waals surface area contributed by atoms with Gasteiger partial charge in [0.05, 0.1) is 6.33 Å². The van der Waals surface area contributed by atoms with Crippen LogP contribution >= 0.6 is 11.3 Å². The Morgan fingerprint density at radius 2 is 2.30 bits per heavy atom. The molecule has 0 bridgehead atoms. The molecule has 118 valence electrons. The molecular formula is C17H18N4OS. The smallest absolute Gasteiger partial charge is 0.251 e. The number of aromatic nitrogens is 3. The molecule has 0 fully saturated rings. The van der Waals surface area contributed by atoms with E-state index in [0.29, 0.717) is 12.1 Å². The number of rotatable bonds is 5. The number of aryl methyl sites for hydroxylation is 1. The summed E-state index contributed by atoms with van der Waals surface area (Å²) in [7, 11) is 0. The van der Waals surface area contributed by atoms with Gasteiger partial charge in [-0.15, -0.1) is 11.3 Å². The number of imidazole rings is 1. The molecule has 0 saturated heterocycles. The number of hydrogen-bond donors (Lipinski definition) is 1. The molecule has 3 rings (SSSR count). The van der Waals surface area contributed by atoms with Crippen LogP contribution in [0.1, 0.15) is 23.0 Å². The van der Waals surface area contributed by atoms with Crippen molar-refractivity contribution >= 4 is 17.2 Å². The third-order valence-corrected chi connectivity index (χ3v) is 4.42. The molecule has 2 aromatic heterocycles. The van der Waals surface area contributed by atoms with Gasteiger partial charge in [-0.2, -0.15) is 0 Å². The molecule has 2 heterocycles. The zero-order valence-electron chi connectivity index (χ0n) is 13.1. The van der Waals surface area contributed by atoms with Crippen molar-refractivity contribution in [2.75, 3.05) is 0 Å². The minimum atomic E-state index is -0.0762. The van der Waals surface area contributed by atoms with Gasteiger partial charge in [0, 0.05) is 47.2 Å². The SMILES string of the molecule is Cc1csc(-c2cccc(C(=O)N[C@@H](C)Cn3ccnc3)c2)n1. The second-order valence-electron chi connectivity index (χ2n) is 5.51. The van der Waals surface area contributed by atoms with E-state index >= 15 is 0 Å². The van der Waals surface area contributed by atoms with Crippen molar-refractivity contribution in [1.82, 2.24) is 19.9 Å². The van der Waals surface area contributed by atoms with Crippen LogP contribution in [-0.2, 0) is 6.54 Å². The summed E-state index contributed by atoms with van der Waals surface area (Å²) in [5.41, 5.74) is 2.61. The van der Waals surface area contributed by atoms with Gasteiger partial charge in [0.15, 0.2) is 0 Å². The summed E-state index contributed by atoms with van der Waals surface area (Å²) >= 11 is 1.59. The lowest BCUT2D eigenvalue weighted by Gasteiger charge is -2.14. The van der Waals surface area contributed by atoms with Crippen molar-refractivity contribution in [3.05, 3.63) is 59.6 Å². The van der Waals surface area contributed by atoms with Crippen LogP contribution in [0.25, 0.3) is 10.6 Å². The maximum Gasteiger partial charge on any atom is 0.251 e. The summed E-state index contributed by atoms with van der Waals surface area (Å²) in [6.45, 7) is 4.64. The van der Waals surface area contributed by atoms with Gasteiger partial charge in [-0.05, 0) is 26.0 Å². The lowest BCUT2D eigenvalue weighted by Crippen LogP contribution is -2.35. The van der Waals surface area contributed by atoms with Crippen molar-refractivity contribution in [3.8, 4) is 10.6 Å². The molecule has 23 heavy (non-hydrogen) atoms. The molecule has 1 N–H and O–H groups in total. The summed E-state index contributed by atoms with van der Waals surface area (Å²) in [6, 6.07) is 7.59. The first-order valence-electron chi connectivity index (χ1n) is 7.41. The highest BCUT2D eigenvalue weighted by Crippen LogP contribution is 2.24. The number of carbonyl (C=O) groups is 1. The fourth-order valence-corrected chi connectivity index (χ4v) is 3.14. The first-order chi connectivity index (χ1) is 11.1. The molecule has 5 nitrogen and oxygen atoms in total. The lowest BCUT2D eigenvalue weighted by atomic mass is 10.1. The summed E-state index contributed by atoms with van der Waals surface area (Å²) < 4.78 is 1.94. The molecule has 3 aromatic rings. The van der Waals surface area contributed by atoms with Crippen LogP contribution in [0.4, 0.5) is 0 Å². The van der Waals surface area contributed by atoms with Crippen molar-refractivity contribution in [3.63, 3.8) is 0 Å². The highest BCUT2D eigenvalue weighted by Gasteiger charge is 2.12. The van der Waals surface area contributed by atoms with Crippen LogP contribution in [0, 0.1) is 6.92 Å². The van der Waals surface area contributed by atoms with E-state index in [-0.39, 0.29) is 11.9 Å². The second kappa shape index (κ2) is 6.75. The maximum atomic E-state index is 12.4. The molecule has 1 aromatic carbocycles. The maximum absolute atomic E-state index is 12.4. The van der Waals surface area contributed by atoms with Crippen LogP contribution in [0.15, 0.2) is 48.4 Å². The Morgan fingerprint density at radius 3 is 3.00 bits per heavy atom. The molecule has 6 heteroatoms. The molecule has 0 radical (unpaired) electrons. The van der Waals surface area contributed by atoms with E-state index < -0.39 is 0 Å². The number of hydrogen-bond acceptors (Lipinski definition) is 4. The van der Waals surface area contributed by atoms with E-state index in [1.54, 1.807) is 23.9 Å². The molecule has 0 saturated carbocycles. The van der Waals surface area contributed by atoms with E-state index in [0.717, 1.165) is 16.3 Å². The zero-order chi connectivity index (χ0) is 16.2. The fourth-order valence-electron chi connectivity index (χ4n) is 2.34.